The summed E-state index contributed by atoms with van der Waals surface area (Å²) in [7, 11) is 0. The Hall–Kier alpha value is -3.05. The van der Waals surface area contributed by atoms with Crippen LogP contribution >= 0.6 is 11.8 Å². The zero-order valence-electron chi connectivity index (χ0n) is 17.7. The van der Waals surface area contributed by atoms with Gasteiger partial charge < -0.3 is 14.2 Å². The Morgan fingerprint density at radius 1 is 1.24 bits per heavy atom. The maximum Gasteiger partial charge on any atom is 0.416 e. The van der Waals surface area contributed by atoms with Crippen LogP contribution in [-0.4, -0.2) is 53.1 Å². The highest BCUT2D eigenvalue weighted by atomic mass is 32.2. The third-order valence-electron chi connectivity index (χ3n) is 5.23. The van der Waals surface area contributed by atoms with Gasteiger partial charge in [0.1, 0.15) is 6.61 Å². The molecule has 1 N–H and O–H groups in total. The molecular formula is C22H21F3N4O3S. The largest absolute Gasteiger partial charge is 0.416 e. The lowest BCUT2D eigenvalue weighted by Gasteiger charge is -2.26. The number of benzene rings is 2. The van der Waals surface area contributed by atoms with E-state index in [2.05, 4.69) is 10.3 Å². The van der Waals surface area contributed by atoms with E-state index < -0.39 is 17.6 Å². The molecule has 2 heterocycles. The number of halogens is 3. The minimum atomic E-state index is -4.55. The summed E-state index contributed by atoms with van der Waals surface area (Å²) in [6.07, 6.45) is -2.60. The number of aromatic nitrogens is 2. The van der Waals surface area contributed by atoms with Crippen molar-refractivity contribution in [2.24, 2.45) is 0 Å². The van der Waals surface area contributed by atoms with Crippen LogP contribution in [0.25, 0.3) is 11.0 Å². The summed E-state index contributed by atoms with van der Waals surface area (Å²) in [5.74, 6) is 0.125. The van der Waals surface area contributed by atoms with Gasteiger partial charge in [-0.1, -0.05) is 6.07 Å². The van der Waals surface area contributed by atoms with Crippen molar-refractivity contribution in [2.45, 2.75) is 12.7 Å². The summed E-state index contributed by atoms with van der Waals surface area (Å²) in [6.45, 7) is 1.41. The third-order valence-corrected chi connectivity index (χ3v) is 5.82. The van der Waals surface area contributed by atoms with Crippen LogP contribution < -0.4 is 10.2 Å². The number of thioether (sulfide) groups is 1. The standard InChI is InChI=1S/C22H21F3N4O3S/c1-33-10-8-29-18-6-5-16(28-7-9-32-13-19(28)30)12-17(18)26-21(29)27-20(31)14-3-2-4-15(11-14)22(23,24)25/h2-6,11-12H,7-10,13H2,1H3,(H,26,27,31). The van der Waals surface area contributed by atoms with Gasteiger partial charge in [-0.15, -0.1) is 0 Å². The number of amides is 2. The number of alkyl halides is 3. The molecule has 0 unspecified atom stereocenters. The molecule has 0 saturated carbocycles. The minimum Gasteiger partial charge on any atom is -0.370 e. The van der Waals surface area contributed by atoms with E-state index in [1.54, 1.807) is 28.8 Å². The number of imidazole rings is 1. The van der Waals surface area contributed by atoms with E-state index >= 15 is 0 Å². The van der Waals surface area contributed by atoms with Gasteiger partial charge in [-0.3, -0.25) is 14.9 Å². The predicted octanol–water partition coefficient (Wildman–Crippen LogP) is 4.03. The van der Waals surface area contributed by atoms with Gasteiger partial charge in [0.15, 0.2) is 0 Å². The average molecular weight is 478 g/mol. The van der Waals surface area contributed by atoms with Crippen molar-refractivity contribution in [3.63, 3.8) is 0 Å². The van der Waals surface area contributed by atoms with Crippen LogP contribution in [0.1, 0.15) is 15.9 Å². The molecule has 2 amide bonds. The van der Waals surface area contributed by atoms with Crippen LogP contribution in [0, 0.1) is 0 Å². The molecule has 1 aliphatic heterocycles. The number of rotatable bonds is 6. The fourth-order valence-corrected chi connectivity index (χ4v) is 3.96. The van der Waals surface area contributed by atoms with Gasteiger partial charge in [-0.25, -0.2) is 4.98 Å². The summed E-state index contributed by atoms with van der Waals surface area (Å²) in [5.41, 5.74) is 0.958. The normalized spacial score (nSPS) is 14.7. The van der Waals surface area contributed by atoms with E-state index in [1.165, 1.54) is 12.1 Å². The summed E-state index contributed by atoms with van der Waals surface area (Å²) in [4.78, 5) is 31.1. The summed E-state index contributed by atoms with van der Waals surface area (Å²) >= 11 is 1.61. The Morgan fingerprint density at radius 2 is 2.06 bits per heavy atom. The van der Waals surface area contributed by atoms with Crippen molar-refractivity contribution in [2.75, 3.05) is 42.0 Å². The van der Waals surface area contributed by atoms with Crippen LogP contribution in [0.15, 0.2) is 42.5 Å². The zero-order chi connectivity index (χ0) is 23.6. The summed E-state index contributed by atoms with van der Waals surface area (Å²) in [6, 6.07) is 9.63. The van der Waals surface area contributed by atoms with E-state index in [1.807, 2.05) is 16.9 Å². The molecule has 0 aliphatic carbocycles. The monoisotopic (exact) mass is 478 g/mol. The Kier molecular flexibility index (Phi) is 6.61. The van der Waals surface area contributed by atoms with Crippen molar-refractivity contribution in [3.8, 4) is 0 Å². The van der Waals surface area contributed by atoms with E-state index in [0.717, 1.165) is 23.4 Å². The van der Waals surface area contributed by atoms with E-state index in [-0.39, 0.29) is 24.0 Å². The zero-order valence-corrected chi connectivity index (χ0v) is 18.5. The number of hydrogen-bond donors (Lipinski definition) is 1. The number of carbonyl (C=O) groups excluding carboxylic acids is 2. The second-order valence-electron chi connectivity index (χ2n) is 7.38. The van der Waals surface area contributed by atoms with Crippen molar-refractivity contribution >= 4 is 46.2 Å². The van der Waals surface area contributed by atoms with Crippen LogP contribution in [0.2, 0.25) is 0 Å². The maximum atomic E-state index is 13.0. The van der Waals surface area contributed by atoms with E-state index in [9.17, 15) is 22.8 Å². The highest BCUT2D eigenvalue weighted by Gasteiger charge is 2.31. The topological polar surface area (TPSA) is 76.5 Å². The first-order valence-electron chi connectivity index (χ1n) is 10.1. The number of hydrogen-bond acceptors (Lipinski definition) is 5. The Labute approximate surface area is 191 Å². The molecule has 33 heavy (non-hydrogen) atoms. The number of aryl methyl sites for hydroxylation is 1. The molecule has 174 valence electrons. The number of fused-ring (bicyclic) bond motifs is 1. The fourth-order valence-electron chi connectivity index (χ4n) is 3.59. The van der Waals surface area contributed by atoms with Crippen LogP contribution in [0.4, 0.5) is 24.8 Å². The number of anilines is 2. The molecule has 2 aromatic carbocycles. The highest BCUT2D eigenvalue weighted by molar-refractivity contribution is 7.98. The number of ether oxygens (including phenoxy) is 1. The lowest BCUT2D eigenvalue weighted by molar-refractivity contribution is -0.137. The van der Waals surface area contributed by atoms with Crippen molar-refractivity contribution in [3.05, 3.63) is 53.6 Å². The first-order chi connectivity index (χ1) is 15.8. The van der Waals surface area contributed by atoms with Crippen LogP contribution in [0.3, 0.4) is 0 Å². The molecule has 0 atom stereocenters. The molecule has 0 bridgehead atoms. The second kappa shape index (κ2) is 9.44. The Morgan fingerprint density at radius 3 is 2.79 bits per heavy atom. The van der Waals surface area contributed by atoms with E-state index in [4.69, 9.17) is 4.74 Å². The smallest absolute Gasteiger partial charge is 0.370 e. The molecule has 3 aromatic rings. The number of carbonyl (C=O) groups is 2. The van der Waals surface area contributed by atoms with Gasteiger partial charge in [-0.2, -0.15) is 24.9 Å². The maximum absolute atomic E-state index is 13.0. The molecule has 1 aromatic heterocycles. The average Bonchev–Trinajstić information content (AvgIpc) is 3.13. The van der Waals surface area contributed by atoms with Gasteiger partial charge in [0.25, 0.3) is 11.8 Å². The molecule has 1 fully saturated rings. The molecule has 1 saturated heterocycles. The molecular weight excluding hydrogens is 457 g/mol. The van der Waals surface area contributed by atoms with Gasteiger partial charge >= 0.3 is 6.18 Å². The third kappa shape index (κ3) is 4.98. The minimum absolute atomic E-state index is 0.0124. The molecule has 1 aliphatic rings. The van der Waals surface area contributed by atoms with Crippen molar-refractivity contribution in [1.29, 1.82) is 0 Å². The predicted molar refractivity (Wildman–Crippen MR) is 121 cm³/mol. The summed E-state index contributed by atoms with van der Waals surface area (Å²) < 4.78 is 46.1. The molecule has 0 spiro atoms. The number of nitrogens with zero attached hydrogens (tertiary/aromatic N) is 3. The first kappa shape index (κ1) is 23.1. The number of morpholine rings is 1. The lowest BCUT2D eigenvalue weighted by Crippen LogP contribution is -2.41. The first-order valence-corrected chi connectivity index (χ1v) is 11.5. The van der Waals surface area contributed by atoms with Gasteiger partial charge in [0.05, 0.1) is 23.2 Å². The SMILES string of the molecule is CSCCn1c(NC(=O)c2cccc(C(F)(F)F)c2)nc2cc(N3CCOCC3=O)ccc21. The molecule has 0 radical (unpaired) electrons. The van der Waals surface area contributed by atoms with E-state index in [0.29, 0.717) is 30.9 Å². The number of nitrogens with one attached hydrogen (secondary N) is 1. The van der Waals surface area contributed by atoms with Gasteiger partial charge in [0, 0.05) is 30.1 Å². The summed E-state index contributed by atoms with van der Waals surface area (Å²) in [5, 5.41) is 2.65. The Balaban J connectivity index is 1.67. The molecule has 11 heteroatoms. The van der Waals surface area contributed by atoms with Crippen LogP contribution in [0.5, 0.6) is 0 Å². The molecule has 7 nitrogen and oxygen atoms in total. The second-order valence-corrected chi connectivity index (χ2v) is 8.37. The molecule has 4 rings (SSSR count). The highest BCUT2D eigenvalue weighted by Crippen LogP contribution is 2.30. The van der Waals surface area contributed by atoms with Crippen molar-refractivity contribution < 1.29 is 27.5 Å². The lowest BCUT2D eigenvalue weighted by atomic mass is 10.1. The van der Waals surface area contributed by atoms with Crippen molar-refractivity contribution in [1.82, 2.24) is 9.55 Å². The quantitative estimate of drug-likeness (QED) is 0.579. The fraction of sp³-hybridized carbons (Fsp3) is 0.318. The Bertz CT molecular complexity index is 1200. The van der Waals surface area contributed by atoms with Gasteiger partial charge in [0.2, 0.25) is 5.95 Å². The van der Waals surface area contributed by atoms with Gasteiger partial charge in [-0.05, 0) is 42.7 Å². The van der Waals surface area contributed by atoms with Crippen LogP contribution in [-0.2, 0) is 22.3 Å².